The summed E-state index contributed by atoms with van der Waals surface area (Å²) in [6.45, 7) is 4.29. The number of fused-ring (bicyclic) bond motifs is 1. The van der Waals surface area contributed by atoms with Crippen molar-refractivity contribution in [3.05, 3.63) is 35.6 Å². The van der Waals surface area contributed by atoms with Crippen LogP contribution in [0.4, 0.5) is 0 Å². The van der Waals surface area contributed by atoms with Crippen molar-refractivity contribution in [2.45, 2.75) is 19.8 Å². The average Bonchev–Trinajstić information content (AvgIpc) is 2.69. The van der Waals surface area contributed by atoms with Crippen LogP contribution >= 0.6 is 0 Å². The first kappa shape index (κ1) is 11.7. The number of nitrogens with zero attached hydrogens (tertiary/aromatic N) is 1. The molecule has 0 radical (unpaired) electrons. The zero-order chi connectivity index (χ0) is 12.6. The van der Waals surface area contributed by atoms with Gasteiger partial charge in [-0.25, -0.2) is 0 Å². The van der Waals surface area contributed by atoms with E-state index in [-0.39, 0.29) is 5.91 Å². The number of benzene rings is 1. The van der Waals surface area contributed by atoms with Crippen molar-refractivity contribution in [1.29, 1.82) is 0 Å². The van der Waals surface area contributed by atoms with E-state index in [1.54, 1.807) is 14.1 Å². The predicted octanol–water partition coefficient (Wildman–Crippen LogP) is 3.26. The zero-order valence-corrected chi connectivity index (χ0v) is 10.7. The monoisotopic (exact) mass is 231 g/mol. The quantitative estimate of drug-likeness (QED) is 0.794. The molecule has 2 rings (SSSR count). The first-order valence-corrected chi connectivity index (χ1v) is 5.74. The van der Waals surface area contributed by atoms with E-state index in [2.05, 4.69) is 19.9 Å². The molecule has 0 saturated carbocycles. The summed E-state index contributed by atoms with van der Waals surface area (Å²) in [5, 5.41) is 0.987. The van der Waals surface area contributed by atoms with Crippen LogP contribution in [-0.2, 0) is 0 Å². The van der Waals surface area contributed by atoms with Crippen LogP contribution in [0.1, 0.15) is 35.9 Å². The highest BCUT2D eigenvalue weighted by molar-refractivity contribution is 5.95. The molecule has 1 aromatic heterocycles. The Kier molecular flexibility index (Phi) is 2.92. The molecule has 0 N–H and O–H groups in total. The molecule has 1 amide bonds. The molecule has 0 unspecified atom stereocenters. The topological polar surface area (TPSA) is 33.5 Å². The van der Waals surface area contributed by atoms with E-state index < -0.39 is 0 Å². The van der Waals surface area contributed by atoms with Crippen molar-refractivity contribution in [3.63, 3.8) is 0 Å². The van der Waals surface area contributed by atoms with Crippen LogP contribution in [0.3, 0.4) is 0 Å². The zero-order valence-electron chi connectivity index (χ0n) is 10.7. The first-order valence-electron chi connectivity index (χ1n) is 5.74. The van der Waals surface area contributed by atoms with E-state index in [0.717, 1.165) is 11.0 Å². The van der Waals surface area contributed by atoms with Gasteiger partial charge in [-0.1, -0.05) is 19.9 Å². The van der Waals surface area contributed by atoms with Crippen LogP contribution in [0.15, 0.2) is 28.7 Å². The van der Waals surface area contributed by atoms with Crippen molar-refractivity contribution < 1.29 is 9.21 Å². The molecule has 2 aromatic rings. The lowest BCUT2D eigenvalue weighted by atomic mass is 10.0. The molecule has 0 aliphatic rings. The van der Waals surface area contributed by atoms with Gasteiger partial charge in [0.05, 0.1) is 0 Å². The summed E-state index contributed by atoms with van der Waals surface area (Å²) >= 11 is 0. The third-order valence-electron chi connectivity index (χ3n) is 2.82. The van der Waals surface area contributed by atoms with Crippen LogP contribution in [0.2, 0.25) is 0 Å². The van der Waals surface area contributed by atoms with Gasteiger partial charge in [-0.3, -0.25) is 4.79 Å². The number of furan rings is 1. The molecule has 0 aliphatic carbocycles. The number of amides is 1. The highest BCUT2D eigenvalue weighted by atomic mass is 16.3. The lowest BCUT2D eigenvalue weighted by Gasteiger charge is -2.06. The summed E-state index contributed by atoms with van der Waals surface area (Å²) in [4.78, 5) is 13.3. The van der Waals surface area contributed by atoms with E-state index in [0.29, 0.717) is 11.7 Å². The molecule has 17 heavy (non-hydrogen) atoms. The maximum atomic E-state index is 11.8. The predicted molar refractivity (Wildman–Crippen MR) is 68.3 cm³/mol. The minimum Gasteiger partial charge on any atom is -0.451 e. The van der Waals surface area contributed by atoms with Gasteiger partial charge in [0, 0.05) is 19.5 Å². The fourth-order valence-corrected chi connectivity index (χ4v) is 1.75. The number of hydrogen-bond acceptors (Lipinski definition) is 2. The Morgan fingerprint density at radius 3 is 2.53 bits per heavy atom. The average molecular weight is 231 g/mol. The van der Waals surface area contributed by atoms with Crippen molar-refractivity contribution >= 4 is 16.9 Å². The first-order chi connectivity index (χ1) is 7.99. The van der Waals surface area contributed by atoms with Crippen molar-refractivity contribution in [1.82, 2.24) is 4.90 Å². The van der Waals surface area contributed by atoms with Crippen molar-refractivity contribution in [3.8, 4) is 0 Å². The molecular formula is C14H17NO2. The van der Waals surface area contributed by atoms with E-state index in [1.165, 1.54) is 10.5 Å². The van der Waals surface area contributed by atoms with Gasteiger partial charge in [-0.2, -0.15) is 0 Å². The molecule has 0 atom stereocenters. The third kappa shape index (κ3) is 2.18. The fraction of sp³-hybridized carbons (Fsp3) is 0.357. The third-order valence-corrected chi connectivity index (χ3v) is 2.82. The molecule has 0 bridgehead atoms. The summed E-state index contributed by atoms with van der Waals surface area (Å²) in [6, 6.07) is 7.86. The van der Waals surface area contributed by atoms with Gasteiger partial charge < -0.3 is 9.32 Å². The SMILES string of the molecule is CC(C)c1ccc2oc(C(=O)N(C)C)cc2c1. The minimum absolute atomic E-state index is 0.104. The standard InChI is InChI=1S/C14H17NO2/c1-9(2)10-5-6-12-11(7-10)8-13(17-12)14(16)15(3)4/h5-9H,1-4H3. The largest absolute Gasteiger partial charge is 0.451 e. The second-order valence-corrected chi connectivity index (χ2v) is 4.76. The lowest BCUT2D eigenvalue weighted by Crippen LogP contribution is -2.20. The summed E-state index contributed by atoms with van der Waals surface area (Å²) in [5.41, 5.74) is 2.02. The molecule has 0 aliphatic heterocycles. The maximum Gasteiger partial charge on any atom is 0.289 e. The van der Waals surface area contributed by atoms with Gasteiger partial charge in [-0.15, -0.1) is 0 Å². The number of carbonyl (C=O) groups excluding carboxylic acids is 1. The highest BCUT2D eigenvalue weighted by Crippen LogP contribution is 2.24. The summed E-state index contributed by atoms with van der Waals surface area (Å²) < 4.78 is 5.53. The molecule has 1 aromatic carbocycles. The summed E-state index contributed by atoms with van der Waals surface area (Å²) in [7, 11) is 3.43. The summed E-state index contributed by atoms with van der Waals surface area (Å²) in [6.07, 6.45) is 0. The molecule has 90 valence electrons. The van der Waals surface area contributed by atoms with Crippen LogP contribution in [-0.4, -0.2) is 24.9 Å². The minimum atomic E-state index is -0.104. The van der Waals surface area contributed by atoms with Crippen LogP contribution < -0.4 is 0 Å². The molecule has 3 nitrogen and oxygen atoms in total. The molecule has 0 saturated heterocycles. The number of carbonyl (C=O) groups is 1. The van der Waals surface area contributed by atoms with Crippen LogP contribution in [0.5, 0.6) is 0 Å². The van der Waals surface area contributed by atoms with Gasteiger partial charge in [0.15, 0.2) is 5.76 Å². The second kappa shape index (κ2) is 4.24. The highest BCUT2D eigenvalue weighted by Gasteiger charge is 2.14. The Morgan fingerprint density at radius 1 is 1.24 bits per heavy atom. The molecular weight excluding hydrogens is 214 g/mol. The van der Waals surface area contributed by atoms with E-state index >= 15 is 0 Å². The van der Waals surface area contributed by atoms with E-state index in [4.69, 9.17) is 4.42 Å². The molecule has 0 spiro atoms. The number of rotatable bonds is 2. The van der Waals surface area contributed by atoms with E-state index in [9.17, 15) is 4.79 Å². The number of hydrogen-bond donors (Lipinski definition) is 0. The Hall–Kier alpha value is -1.77. The second-order valence-electron chi connectivity index (χ2n) is 4.76. The van der Waals surface area contributed by atoms with Crippen molar-refractivity contribution in [2.75, 3.05) is 14.1 Å². The maximum absolute atomic E-state index is 11.8. The molecule has 3 heteroatoms. The van der Waals surface area contributed by atoms with Gasteiger partial charge in [-0.05, 0) is 29.7 Å². The van der Waals surface area contributed by atoms with Crippen LogP contribution in [0.25, 0.3) is 11.0 Å². The van der Waals surface area contributed by atoms with E-state index in [1.807, 2.05) is 18.2 Å². The Bertz CT molecular complexity index is 552. The molecule has 1 heterocycles. The smallest absolute Gasteiger partial charge is 0.289 e. The summed E-state index contributed by atoms with van der Waals surface area (Å²) in [5.74, 6) is 0.764. The van der Waals surface area contributed by atoms with Gasteiger partial charge in [0.1, 0.15) is 5.58 Å². The normalized spacial score (nSPS) is 11.1. The Balaban J connectivity index is 2.47. The Labute approximate surface area is 101 Å². The van der Waals surface area contributed by atoms with Crippen molar-refractivity contribution in [2.24, 2.45) is 0 Å². The van der Waals surface area contributed by atoms with Gasteiger partial charge in [0.2, 0.25) is 0 Å². The molecule has 0 fully saturated rings. The fourth-order valence-electron chi connectivity index (χ4n) is 1.75. The van der Waals surface area contributed by atoms with Gasteiger partial charge in [0.25, 0.3) is 5.91 Å². The Morgan fingerprint density at radius 2 is 1.94 bits per heavy atom. The lowest BCUT2D eigenvalue weighted by molar-refractivity contribution is 0.0799. The van der Waals surface area contributed by atoms with Crippen LogP contribution in [0, 0.1) is 0 Å². The van der Waals surface area contributed by atoms with Gasteiger partial charge >= 0.3 is 0 Å².